The van der Waals surface area contributed by atoms with Crippen LogP contribution in [0.15, 0.2) is 18.2 Å². The second-order valence-corrected chi connectivity index (χ2v) is 4.90. The molecular formula is C15H19NO5. The molecule has 2 rings (SSSR count). The van der Waals surface area contributed by atoms with Crippen molar-refractivity contribution in [2.24, 2.45) is 0 Å². The number of nitrogens with zero attached hydrogens (tertiary/aromatic N) is 1. The average Bonchev–Trinajstić information content (AvgIpc) is 2.52. The van der Waals surface area contributed by atoms with Gasteiger partial charge in [-0.2, -0.15) is 0 Å². The molecule has 6 heteroatoms. The second kappa shape index (κ2) is 6.97. The Morgan fingerprint density at radius 1 is 1.24 bits per heavy atom. The lowest BCUT2D eigenvalue weighted by atomic mass is 10.1. The molecule has 1 saturated heterocycles. The molecular weight excluding hydrogens is 274 g/mol. The third kappa shape index (κ3) is 3.87. The molecule has 1 fully saturated rings. The predicted octanol–water partition coefficient (Wildman–Crippen LogP) is 1.57. The SMILES string of the molecule is COc1ccc(C(=O)OCC(=O)N2CCCCC2)c(O)c1. The lowest BCUT2D eigenvalue weighted by Gasteiger charge is -2.26. The highest BCUT2D eigenvalue weighted by Gasteiger charge is 2.19. The molecule has 0 spiro atoms. The van der Waals surface area contributed by atoms with Gasteiger partial charge in [-0.25, -0.2) is 4.79 Å². The second-order valence-electron chi connectivity index (χ2n) is 4.90. The molecule has 6 nitrogen and oxygen atoms in total. The summed E-state index contributed by atoms with van der Waals surface area (Å²) >= 11 is 0. The Morgan fingerprint density at radius 2 is 1.95 bits per heavy atom. The Labute approximate surface area is 123 Å². The molecule has 0 radical (unpaired) electrons. The minimum atomic E-state index is -0.722. The Morgan fingerprint density at radius 3 is 2.57 bits per heavy atom. The van der Waals surface area contributed by atoms with Gasteiger partial charge in [0, 0.05) is 19.2 Å². The van der Waals surface area contributed by atoms with Gasteiger partial charge in [0.2, 0.25) is 0 Å². The van der Waals surface area contributed by atoms with Crippen molar-refractivity contribution in [2.45, 2.75) is 19.3 Å². The van der Waals surface area contributed by atoms with E-state index in [4.69, 9.17) is 9.47 Å². The first-order valence-corrected chi connectivity index (χ1v) is 6.93. The number of hydrogen-bond acceptors (Lipinski definition) is 5. The van der Waals surface area contributed by atoms with E-state index in [1.807, 2.05) is 0 Å². The minimum Gasteiger partial charge on any atom is -0.507 e. The third-order valence-electron chi connectivity index (χ3n) is 3.46. The number of esters is 1. The van der Waals surface area contributed by atoms with Crippen molar-refractivity contribution in [3.8, 4) is 11.5 Å². The number of piperidine rings is 1. The van der Waals surface area contributed by atoms with Gasteiger partial charge in [-0.1, -0.05) is 0 Å². The molecule has 114 valence electrons. The summed E-state index contributed by atoms with van der Waals surface area (Å²) in [5.74, 6) is -0.713. The topological polar surface area (TPSA) is 76.1 Å². The van der Waals surface area contributed by atoms with Gasteiger partial charge in [-0.15, -0.1) is 0 Å². The molecule has 1 N–H and O–H groups in total. The van der Waals surface area contributed by atoms with Crippen LogP contribution in [0.2, 0.25) is 0 Å². The molecule has 0 unspecified atom stereocenters. The Kier molecular flexibility index (Phi) is 5.03. The van der Waals surface area contributed by atoms with E-state index < -0.39 is 5.97 Å². The number of carbonyl (C=O) groups is 2. The van der Waals surface area contributed by atoms with E-state index in [1.165, 1.54) is 19.2 Å². The molecule has 0 atom stereocenters. The van der Waals surface area contributed by atoms with Crippen molar-refractivity contribution in [1.82, 2.24) is 4.90 Å². The number of benzene rings is 1. The minimum absolute atomic E-state index is 0.0160. The quantitative estimate of drug-likeness (QED) is 0.853. The highest BCUT2D eigenvalue weighted by atomic mass is 16.5. The fraction of sp³-hybridized carbons (Fsp3) is 0.467. The van der Waals surface area contributed by atoms with Gasteiger partial charge in [0.25, 0.3) is 5.91 Å². The molecule has 1 aliphatic rings. The van der Waals surface area contributed by atoms with E-state index in [0.29, 0.717) is 18.8 Å². The van der Waals surface area contributed by atoms with Gasteiger partial charge in [0.05, 0.1) is 7.11 Å². The van der Waals surface area contributed by atoms with Crippen LogP contribution in [0.3, 0.4) is 0 Å². The maximum atomic E-state index is 11.9. The number of ether oxygens (including phenoxy) is 2. The van der Waals surface area contributed by atoms with Crippen LogP contribution < -0.4 is 4.74 Å². The van der Waals surface area contributed by atoms with Gasteiger partial charge in [0.15, 0.2) is 6.61 Å². The Bertz CT molecular complexity index is 523. The molecule has 1 aliphatic heterocycles. The van der Waals surface area contributed by atoms with Crippen LogP contribution in [0.25, 0.3) is 0 Å². The van der Waals surface area contributed by atoms with Gasteiger partial charge in [-0.05, 0) is 31.4 Å². The van der Waals surface area contributed by atoms with E-state index in [2.05, 4.69) is 0 Å². The number of carbonyl (C=O) groups excluding carboxylic acids is 2. The van der Waals surface area contributed by atoms with Gasteiger partial charge in [-0.3, -0.25) is 4.79 Å². The zero-order valence-electron chi connectivity index (χ0n) is 12.0. The molecule has 0 aliphatic carbocycles. The standard InChI is InChI=1S/C15H19NO5/c1-20-11-5-6-12(13(17)9-11)15(19)21-10-14(18)16-7-3-2-4-8-16/h5-6,9,17H,2-4,7-8,10H2,1H3. The number of aromatic hydroxyl groups is 1. The number of rotatable bonds is 4. The summed E-state index contributed by atoms with van der Waals surface area (Å²) in [7, 11) is 1.46. The maximum absolute atomic E-state index is 11.9. The summed E-state index contributed by atoms with van der Waals surface area (Å²) in [6, 6.07) is 4.27. The molecule has 21 heavy (non-hydrogen) atoms. The van der Waals surface area contributed by atoms with Crippen molar-refractivity contribution >= 4 is 11.9 Å². The molecule has 0 bridgehead atoms. The molecule has 0 saturated carbocycles. The van der Waals surface area contributed by atoms with Gasteiger partial charge in [0.1, 0.15) is 17.1 Å². The van der Waals surface area contributed by atoms with Crippen molar-refractivity contribution in [2.75, 3.05) is 26.8 Å². The Hall–Kier alpha value is -2.24. The average molecular weight is 293 g/mol. The number of amides is 1. The lowest BCUT2D eigenvalue weighted by Crippen LogP contribution is -2.38. The van der Waals surface area contributed by atoms with Gasteiger partial charge < -0.3 is 19.5 Å². The van der Waals surface area contributed by atoms with E-state index in [1.54, 1.807) is 11.0 Å². The number of likely N-dealkylation sites (tertiary alicyclic amines) is 1. The monoisotopic (exact) mass is 293 g/mol. The van der Waals surface area contributed by atoms with Gasteiger partial charge >= 0.3 is 5.97 Å². The van der Waals surface area contributed by atoms with E-state index >= 15 is 0 Å². The van der Waals surface area contributed by atoms with Crippen molar-refractivity contribution in [1.29, 1.82) is 0 Å². The highest BCUT2D eigenvalue weighted by molar-refractivity contribution is 5.94. The fourth-order valence-corrected chi connectivity index (χ4v) is 2.25. The van der Waals surface area contributed by atoms with Crippen LogP contribution >= 0.6 is 0 Å². The van der Waals surface area contributed by atoms with Crippen LogP contribution in [0.5, 0.6) is 11.5 Å². The van der Waals surface area contributed by atoms with E-state index in [0.717, 1.165) is 19.3 Å². The Balaban J connectivity index is 1.90. The number of hydrogen-bond donors (Lipinski definition) is 1. The fourth-order valence-electron chi connectivity index (χ4n) is 2.25. The molecule has 1 amide bonds. The first-order chi connectivity index (χ1) is 10.1. The molecule has 1 aromatic carbocycles. The molecule has 1 heterocycles. The predicted molar refractivity (Wildman–Crippen MR) is 75.4 cm³/mol. The summed E-state index contributed by atoms with van der Waals surface area (Å²) in [6.45, 7) is 1.12. The summed E-state index contributed by atoms with van der Waals surface area (Å²) in [5.41, 5.74) is 0.0160. The van der Waals surface area contributed by atoms with Crippen molar-refractivity contribution < 1.29 is 24.2 Å². The van der Waals surface area contributed by atoms with Crippen molar-refractivity contribution in [3.05, 3.63) is 23.8 Å². The van der Waals surface area contributed by atoms with Crippen LogP contribution in [-0.2, 0) is 9.53 Å². The summed E-state index contributed by atoms with van der Waals surface area (Å²) in [5, 5.41) is 9.73. The first kappa shape index (κ1) is 15.2. The van der Waals surface area contributed by atoms with Crippen LogP contribution in [0.1, 0.15) is 29.6 Å². The number of methoxy groups -OCH3 is 1. The molecule has 0 aromatic heterocycles. The van der Waals surface area contributed by atoms with Crippen molar-refractivity contribution in [3.63, 3.8) is 0 Å². The van der Waals surface area contributed by atoms with Crippen LogP contribution in [0, 0.1) is 0 Å². The molecule has 1 aromatic rings. The maximum Gasteiger partial charge on any atom is 0.342 e. The normalized spacial score (nSPS) is 14.6. The first-order valence-electron chi connectivity index (χ1n) is 6.93. The zero-order chi connectivity index (χ0) is 15.2. The number of phenols is 1. The highest BCUT2D eigenvalue weighted by Crippen LogP contribution is 2.24. The summed E-state index contributed by atoms with van der Waals surface area (Å²) < 4.78 is 9.90. The summed E-state index contributed by atoms with van der Waals surface area (Å²) in [6.07, 6.45) is 3.10. The number of phenolic OH excluding ortho intramolecular Hbond substituents is 1. The lowest BCUT2D eigenvalue weighted by molar-refractivity contribution is -0.135. The van der Waals surface area contributed by atoms with E-state index in [-0.39, 0.29) is 23.8 Å². The van der Waals surface area contributed by atoms with E-state index in [9.17, 15) is 14.7 Å². The van der Waals surface area contributed by atoms with Crippen LogP contribution in [0.4, 0.5) is 0 Å². The van der Waals surface area contributed by atoms with Crippen LogP contribution in [-0.4, -0.2) is 48.7 Å². The summed E-state index contributed by atoms with van der Waals surface area (Å²) in [4.78, 5) is 25.4. The smallest absolute Gasteiger partial charge is 0.342 e. The third-order valence-corrected chi connectivity index (χ3v) is 3.46. The zero-order valence-corrected chi connectivity index (χ0v) is 12.0. The largest absolute Gasteiger partial charge is 0.507 e.